The standard InChI is InChI=1S/C10H18F4/c1-7(2)9(5,12)10(13,14)8(3,4)6-11/h7H,6H2,1-5H3. The molecular weight excluding hydrogens is 196 g/mol. The molecular formula is C10H18F4. The molecule has 0 heterocycles. The summed E-state index contributed by atoms with van der Waals surface area (Å²) < 4.78 is 53.4. The van der Waals surface area contributed by atoms with E-state index in [0.29, 0.717) is 0 Å². The van der Waals surface area contributed by atoms with Crippen LogP contribution in [0.1, 0.15) is 34.6 Å². The van der Waals surface area contributed by atoms with Crippen molar-refractivity contribution < 1.29 is 17.6 Å². The first-order valence-electron chi connectivity index (χ1n) is 4.63. The minimum absolute atomic E-state index is 0.828. The van der Waals surface area contributed by atoms with Gasteiger partial charge in [0.05, 0.1) is 5.41 Å². The van der Waals surface area contributed by atoms with Gasteiger partial charge >= 0.3 is 0 Å². The van der Waals surface area contributed by atoms with Crippen LogP contribution in [-0.2, 0) is 0 Å². The quantitative estimate of drug-likeness (QED) is 0.620. The maximum absolute atomic E-state index is 13.8. The van der Waals surface area contributed by atoms with E-state index in [2.05, 4.69) is 0 Å². The predicted molar refractivity (Wildman–Crippen MR) is 49.1 cm³/mol. The van der Waals surface area contributed by atoms with Gasteiger partial charge in [0.25, 0.3) is 5.92 Å². The molecule has 0 aromatic carbocycles. The second kappa shape index (κ2) is 3.70. The van der Waals surface area contributed by atoms with Crippen molar-refractivity contribution in [2.45, 2.75) is 46.2 Å². The smallest absolute Gasteiger partial charge is 0.250 e. The molecule has 1 atom stereocenters. The van der Waals surface area contributed by atoms with Crippen LogP contribution in [0.15, 0.2) is 0 Å². The molecule has 0 aliphatic rings. The topological polar surface area (TPSA) is 0 Å². The summed E-state index contributed by atoms with van der Waals surface area (Å²) in [4.78, 5) is 0. The molecule has 0 aromatic rings. The van der Waals surface area contributed by atoms with Gasteiger partial charge in [-0.2, -0.15) is 0 Å². The minimum Gasteiger partial charge on any atom is -0.250 e. The summed E-state index contributed by atoms with van der Waals surface area (Å²) in [5, 5.41) is 0. The maximum Gasteiger partial charge on any atom is 0.288 e. The highest BCUT2D eigenvalue weighted by atomic mass is 19.3. The van der Waals surface area contributed by atoms with Gasteiger partial charge in [0.2, 0.25) is 0 Å². The van der Waals surface area contributed by atoms with Crippen molar-refractivity contribution in [1.29, 1.82) is 0 Å². The first-order valence-corrected chi connectivity index (χ1v) is 4.63. The van der Waals surface area contributed by atoms with E-state index in [1.54, 1.807) is 0 Å². The lowest BCUT2D eigenvalue weighted by Crippen LogP contribution is -2.55. The maximum atomic E-state index is 13.8. The zero-order valence-electron chi connectivity index (χ0n) is 9.30. The van der Waals surface area contributed by atoms with Gasteiger partial charge in [-0.25, -0.2) is 13.2 Å². The van der Waals surface area contributed by atoms with Crippen LogP contribution in [-0.4, -0.2) is 18.3 Å². The number of rotatable bonds is 4. The molecule has 0 fully saturated rings. The summed E-state index contributed by atoms with van der Waals surface area (Å²) in [5.74, 6) is -4.54. The number of hydrogen-bond acceptors (Lipinski definition) is 0. The molecule has 0 N–H and O–H groups in total. The Hall–Kier alpha value is -0.280. The Morgan fingerprint density at radius 3 is 1.57 bits per heavy atom. The molecule has 0 saturated carbocycles. The third-order valence-electron chi connectivity index (χ3n) is 2.88. The van der Waals surface area contributed by atoms with Crippen molar-refractivity contribution >= 4 is 0 Å². The molecule has 0 spiro atoms. The van der Waals surface area contributed by atoms with Crippen LogP contribution in [0.2, 0.25) is 0 Å². The van der Waals surface area contributed by atoms with E-state index >= 15 is 0 Å². The lowest BCUT2D eigenvalue weighted by Gasteiger charge is -2.42. The van der Waals surface area contributed by atoms with Crippen molar-refractivity contribution in [2.24, 2.45) is 11.3 Å². The average molecular weight is 214 g/mol. The highest BCUT2D eigenvalue weighted by Crippen LogP contribution is 2.49. The van der Waals surface area contributed by atoms with Crippen LogP contribution in [0, 0.1) is 11.3 Å². The van der Waals surface area contributed by atoms with Gasteiger partial charge in [-0.05, 0) is 12.8 Å². The molecule has 0 aliphatic heterocycles. The molecule has 0 saturated heterocycles. The molecule has 0 aromatic heterocycles. The second-order valence-corrected chi connectivity index (χ2v) is 4.82. The van der Waals surface area contributed by atoms with Gasteiger partial charge in [-0.15, -0.1) is 0 Å². The van der Waals surface area contributed by atoms with Crippen molar-refractivity contribution in [3.05, 3.63) is 0 Å². The van der Waals surface area contributed by atoms with Crippen LogP contribution < -0.4 is 0 Å². The Morgan fingerprint density at radius 2 is 1.36 bits per heavy atom. The van der Waals surface area contributed by atoms with E-state index in [1.165, 1.54) is 13.8 Å². The molecule has 1 unspecified atom stereocenters. The van der Waals surface area contributed by atoms with Gasteiger partial charge in [-0.1, -0.05) is 27.7 Å². The van der Waals surface area contributed by atoms with Crippen LogP contribution >= 0.6 is 0 Å². The highest BCUT2D eigenvalue weighted by molar-refractivity contribution is 5.00. The van der Waals surface area contributed by atoms with Gasteiger partial charge in [-0.3, -0.25) is 4.39 Å². The van der Waals surface area contributed by atoms with Gasteiger partial charge in [0, 0.05) is 0 Å². The molecule has 0 amide bonds. The minimum atomic E-state index is -3.68. The SMILES string of the molecule is CC(C)C(C)(F)C(F)(F)C(C)(C)CF. The van der Waals surface area contributed by atoms with Crippen molar-refractivity contribution in [1.82, 2.24) is 0 Å². The van der Waals surface area contributed by atoms with E-state index in [0.717, 1.165) is 20.8 Å². The molecule has 0 nitrogen and oxygen atoms in total. The second-order valence-electron chi connectivity index (χ2n) is 4.82. The summed E-state index contributed by atoms with van der Waals surface area (Å²) in [5.41, 5.74) is -4.66. The van der Waals surface area contributed by atoms with Crippen LogP contribution in [0.4, 0.5) is 17.6 Å². The molecule has 0 rings (SSSR count). The molecule has 4 heteroatoms. The van der Waals surface area contributed by atoms with Gasteiger partial charge < -0.3 is 0 Å². The predicted octanol–water partition coefficient (Wildman–Crippen LogP) is 4.00. The number of halogens is 4. The molecule has 0 radical (unpaired) electrons. The fraction of sp³-hybridized carbons (Fsp3) is 1.00. The number of alkyl halides is 4. The Morgan fingerprint density at radius 1 is 1.00 bits per heavy atom. The van der Waals surface area contributed by atoms with Gasteiger partial charge in [0.15, 0.2) is 5.67 Å². The fourth-order valence-corrected chi connectivity index (χ4v) is 1.11. The highest BCUT2D eigenvalue weighted by Gasteiger charge is 2.61. The van der Waals surface area contributed by atoms with E-state index < -0.39 is 29.6 Å². The Balaban J connectivity index is 5.14. The first kappa shape index (κ1) is 13.7. The zero-order chi connectivity index (χ0) is 11.8. The summed E-state index contributed by atoms with van der Waals surface area (Å²) in [6, 6.07) is 0. The Bertz CT molecular complexity index is 194. The zero-order valence-corrected chi connectivity index (χ0v) is 9.30. The summed E-state index contributed by atoms with van der Waals surface area (Å²) in [7, 11) is 0. The summed E-state index contributed by atoms with van der Waals surface area (Å²) >= 11 is 0. The van der Waals surface area contributed by atoms with Crippen molar-refractivity contribution in [3.8, 4) is 0 Å². The first-order chi connectivity index (χ1) is 6.00. The fourth-order valence-electron chi connectivity index (χ4n) is 1.11. The summed E-state index contributed by atoms with van der Waals surface area (Å²) in [6.45, 7) is 4.38. The average Bonchev–Trinajstić information content (AvgIpc) is 2.03. The molecule has 0 aliphatic carbocycles. The lowest BCUT2D eigenvalue weighted by atomic mass is 9.74. The third kappa shape index (κ3) is 1.89. The Labute approximate surface area is 82.7 Å². The van der Waals surface area contributed by atoms with Crippen LogP contribution in [0.25, 0.3) is 0 Å². The van der Waals surface area contributed by atoms with E-state index in [1.807, 2.05) is 0 Å². The van der Waals surface area contributed by atoms with E-state index in [4.69, 9.17) is 0 Å². The molecule has 0 bridgehead atoms. The van der Waals surface area contributed by atoms with E-state index in [9.17, 15) is 17.6 Å². The van der Waals surface area contributed by atoms with E-state index in [-0.39, 0.29) is 0 Å². The lowest BCUT2D eigenvalue weighted by molar-refractivity contribution is -0.219. The summed E-state index contributed by atoms with van der Waals surface area (Å²) in [6.07, 6.45) is 0. The van der Waals surface area contributed by atoms with Crippen LogP contribution in [0.3, 0.4) is 0 Å². The molecule has 14 heavy (non-hydrogen) atoms. The monoisotopic (exact) mass is 214 g/mol. The number of hydrogen-bond donors (Lipinski definition) is 0. The van der Waals surface area contributed by atoms with Crippen LogP contribution in [0.5, 0.6) is 0 Å². The molecule has 86 valence electrons. The van der Waals surface area contributed by atoms with Crippen molar-refractivity contribution in [2.75, 3.05) is 6.67 Å². The third-order valence-corrected chi connectivity index (χ3v) is 2.88. The Kier molecular flexibility index (Phi) is 3.63. The largest absolute Gasteiger partial charge is 0.288 e. The van der Waals surface area contributed by atoms with Gasteiger partial charge in [0.1, 0.15) is 6.67 Å². The normalized spacial score (nSPS) is 18.4. The van der Waals surface area contributed by atoms with Crippen molar-refractivity contribution in [3.63, 3.8) is 0 Å².